The number of nitrogens with one attached hydrogen (secondary N) is 1. The van der Waals surface area contributed by atoms with Crippen LogP contribution < -0.4 is 5.32 Å². The molecule has 0 aliphatic heterocycles. The van der Waals surface area contributed by atoms with Crippen LogP contribution >= 0.6 is 31.9 Å². The van der Waals surface area contributed by atoms with Crippen LogP contribution in [-0.2, 0) is 6.54 Å². The molecule has 0 saturated heterocycles. The van der Waals surface area contributed by atoms with Crippen molar-refractivity contribution in [3.05, 3.63) is 50.7 Å². The van der Waals surface area contributed by atoms with E-state index in [2.05, 4.69) is 44.1 Å². The highest BCUT2D eigenvalue weighted by molar-refractivity contribution is 9.11. The molecule has 106 valence electrons. The average Bonchev–Trinajstić information content (AvgIpc) is 2.76. The summed E-state index contributed by atoms with van der Waals surface area (Å²) in [5, 5.41) is 2.95. The molecule has 0 spiro atoms. The fourth-order valence-corrected chi connectivity index (χ4v) is 2.85. The summed E-state index contributed by atoms with van der Waals surface area (Å²) in [6, 6.07) is 7.65. The van der Waals surface area contributed by atoms with E-state index < -0.39 is 0 Å². The number of hydrogen-bond donors (Lipinski definition) is 1. The second kappa shape index (κ2) is 6.59. The van der Waals surface area contributed by atoms with Crippen LogP contribution in [0.1, 0.15) is 29.4 Å². The smallest absolute Gasteiger partial charge is 0.272 e. The standard InChI is InChI=1S/C15H16Br2N2O/c1-3-7-19-9-11(16)8-13(19)15(20)18-12-6-4-5-10(2)14(12)17/h4-6,8-9H,3,7H2,1-2H3,(H,18,20). The van der Waals surface area contributed by atoms with E-state index >= 15 is 0 Å². The van der Waals surface area contributed by atoms with Crippen LogP contribution in [0.4, 0.5) is 5.69 Å². The van der Waals surface area contributed by atoms with Gasteiger partial charge in [0.25, 0.3) is 5.91 Å². The van der Waals surface area contributed by atoms with Gasteiger partial charge in [0, 0.05) is 21.7 Å². The summed E-state index contributed by atoms with van der Waals surface area (Å²) < 4.78 is 3.80. The predicted octanol–water partition coefficient (Wildman–Crippen LogP) is 4.98. The Labute approximate surface area is 135 Å². The molecule has 1 aromatic carbocycles. The van der Waals surface area contributed by atoms with Crippen molar-refractivity contribution in [2.75, 3.05) is 5.32 Å². The third-order valence-corrected chi connectivity index (χ3v) is 4.49. The number of benzene rings is 1. The molecule has 0 aliphatic carbocycles. The molecule has 2 aromatic rings. The Hall–Kier alpha value is -1.07. The second-order valence-electron chi connectivity index (χ2n) is 4.63. The van der Waals surface area contributed by atoms with Crippen LogP contribution in [0.15, 0.2) is 39.4 Å². The van der Waals surface area contributed by atoms with Crippen molar-refractivity contribution in [1.82, 2.24) is 4.57 Å². The van der Waals surface area contributed by atoms with E-state index in [4.69, 9.17) is 0 Å². The fourth-order valence-electron chi connectivity index (χ4n) is 2.02. The first-order chi connectivity index (χ1) is 9.52. The minimum Gasteiger partial charge on any atom is -0.342 e. The lowest BCUT2D eigenvalue weighted by atomic mass is 10.2. The highest BCUT2D eigenvalue weighted by Gasteiger charge is 2.14. The van der Waals surface area contributed by atoms with Crippen molar-refractivity contribution in [3.63, 3.8) is 0 Å². The maximum atomic E-state index is 12.4. The lowest BCUT2D eigenvalue weighted by Crippen LogP contribution is -2.17. The Morgan fingerprint density at radius 3 is 2.80 bits per heavy atom. The van der Waals surface area contributed by atoms with E-state index in [-0.39, 0.29) is 5.91 Å². The quantitative estimate of drug-likeness (QED) is 0.772. The van der Waals surface area contributed by atoms with Gasteiger partial charge in [-0.25, -0.2) is 0 Å². The minimum atomic E-state index is -0.101. The molecule has 0 radical (unpaired) electrons. The molecule has 0 saturated carbocycles. The average molecular weight is 400 g/mol. The molecule has 0 fully saturated rings. The number of hydrogen-bond acceptors (Lipinski definition) is 1. The Morgan fingerprint density at radius 2 is 2.10 bits per heavy atom. The number of amides is 1. The maximum absolute atomic E-state index is 12.4. The fraction of sp³-hybridized carbons (Fsp3) is 0.267. The molecule has 5 heteroatoms. The van der Waals surface area contributed by atoms with Crippen LogP contribution in [-0.4, -0.2) is 10.5 Å². The van der Waals surface area contributed by atoms with Gasteiger partial charge in [-0.1, -0.05) is 19.1 Å². The SMILES string of the molecule is CCCn1cc(Br)cc1C(=O)Nc1cccc(C)c1Br. The first-order valence-corrected chi connectivity index (χ1v) is 8.03. The first-order valence-electron chi connectivity index (χ1n) is 6.45. The number of aryl methyl sites for hydroxylation is 2. The zero-order valence-electron chi connectivity index (χ0n) is 11.4. The molecule has 20 heavy (non-hydrogen) atoms. The maximum Gasteiger partial charge on any atom is 0.272 e. The van der Waals surface area contributed by atoms with Gasteiger partial charge in [0.2, 0.25) is 0 Å². The van der Waals surface area contributed by atoms with Crippen molar-refractivity contribution in [1.29, 1.82) is 0 Å². The molecule has 0 unspecified atom stereocenters. The van der Waals surface area contributed by atoms with Gasteiger partial charge in [-0.2, -0.15) is 0 Å². The number of anilines is 1. The third-order valence-electron chi connectivity index (χ3n) is 3.00. The zero-order chi connectivity index (χ0) is 14.7. The van der Waals surface area contributed by atoms with Gasteiger partial charge >= 0.3 is 0 Å². The number of halogens is 2. The van der Waals surface area contributed by atoms with Gasteiger partial charge in [0.15, 0.2) is 0 Å². The summed E-state index contributed by atoms with van der Waals surface area (Å²) in [5.41, 5.74) is 2.54. The molecule has 0 bridgehead atoms. The number of aromatic nitrogens is 1. The Kier molecular flexibility index (Phi) is 5.05. The largest absolute Gasteiger partial charge is 0.342 e. The molecule has 3 nitrogen and oxygen atoms in total. The monoisotopic (exact) mass is 398 g/mol. The predicted molar refractivity (Wildman–Crippen MR) is 89.3 cm³/mol. The van der Waals surface area contributed by atoms with Gasteiger partial charge in [0.05, 0.1) is 5.69 Å². The highest BCUT2D eigenvalue weighted by atomic mass is 79.9. The van der Waals surface area contributed by atoms with Crippen molar-refractivity contribution in [3.8, 4) is 0 Å². The molecule has 1 aromatic heterocycles. The molecular weight excluding hydrogens is 384 g/mol. The third kappa shape index (κ3) is 3.33. The molecule has 2 rings (SSSR count). The number of nitrogens with zero attached hydrogens (tertiary/aromatic N) is 1. The molecular formula is C15H16Br2N2O. The molecule has 1 heterocycles. The molecule has 1 amide bonds. The van der Waals surface area contributed by atoms with Crippen LogP contribution in [0, 0.1) is 6.92 Å². The number of carbonyl (C=O) groups is 1. The minimum absolute atomic E-state index is 0.101. The van der Waals surface area contributed by atoms with E-state index in [0.717, 1.165) is 33.2 Å². The van der Waals surface area contributed by atoms with Gasteiger partial charge in [0.1, 0.15) is 5.69 Å². The lowest BCUT2D eigenvalue weighted by molar-refractivity contribution is 0.101. The Balaban J connectivity index is 2.26. The highest BCUT2D eigenvalue weighted by Crippen LogP contribution is 2.26. The van der Waals surface area contributed by atoms with Gasteiger partial charge in [-0.05, 0) is 62.9 Å². The Morgan fingerprint density at radius 1 is 1.35 bits per heavy atom. The van der Waals surface area contributed by atoms with Gasteiger partial charge < -0.3 is 9.88 Å². The molecule has 0 aliphatic rings. The second-order valence-corrected chi connectivity index (χ2v) is 6.34. The lowest BCUT2D eigenvalue weighted by Gasteiger charge is -2.11. The topological polar surface area (TPSA) is 34.0 Å². The number of carbonyl (C=O) groups excluding carboxylic acids is 1. The zero-order valence-corrected chi connectivity index (χ0v) is 14.6. The van der Waals surface area contributed by atoms with Crippen LogP contribution in [0.5, 0.6) is 0 Å². The summed E-state index contributed by atoms with van der Waals surface area (Å²) in [6.07, 6.45) is 2.92. The summed E-state index contributed by atoms with van der Waals surface area (Å²) >= 11 is 6.93. The normalized spacial score (nSPS) is 10.6. The van der Waals surface area contributed by atoms with E-state index in [0.29, 0.717) is 5.69 Å². The summed E-state index contributed by atoms with van der Waals surface area (Å²) in [7, 11) is 0. The summed E-state index contributed by atoms with van der Waals surface area (Å²) in [4.78, 5) is 12.4. The number of rotatable bonds is 4. The van der Waals surface area contributed by atoms with Gasteiger partial charge in [-0.3, -0.25) is 4.79 Å². The Bertz CT molecular complexity index is 635. The van der Waals surface area contributed by atoms with E-state index in [1.54, 1.807) is 0 Å². The van der Waals surface area contributed by atoms with Gasteiger partial charge in [-0.15, -0.1) is 0 Å². The molecule has 0 atom stereocenters. The van der Waals surface area contributed by atoms with Crippen molar-refractivity contribution < 1.29 is 4.79 Å². The van der Waals surface area contributed by atoms with Crippen molar-refractivity contribution in [2.45, 2.75) is 26.8 Å². The van der Waals surface area contributed by atoms with E-state index in [1.165, 1.54) is 0 Å². The molecule has 1 N–H and O–H groups in total. The van der Waals surface area contributed by atoms with Crippen LogP contribution in [0.2, 0.25) is 0 Å². The van der Waals surface area contributed by atoms with Crippen molar-refractivity contribution >= 4 is 43.5 Å². The van der Waals surface area contributed by atoms with Crippen LogP contribution in [0.25, 0.3) is 0 Å². The summed E-state index contributed by atoms with van der Waals surface area (Å²) in [5.74, 6) is -0.101. The van der Waals surface area contributed by atoms with E-state index in [1.807, 2.05) is 42.0 Å². The van der Waals surface area contributed by atoms with Crippen LogP contribution in [0.3, 0.4) is 0 Å². The first kappa shape index (κ1) is 15.3. The van der Waals surface area contributed by atoms with E-state index in [9.17, 15) is 4.79 Å². The summed E-state index contributed by atoms with van der Waals surface area (Å²) in [6.45, 7) is 4.91. The van der Waals surface area contributed by atoms with Crippen molar-refractivity contribution in [2.24, 2.45) is 0 Å².